The second-order valence-electron chi connectivity index (χ2n) is 20.0. The molecule has 344 valence electrons. The van der Waals surface area contributed by atoms with Crippen molar-refractivity contribution in [1.29, 1.82) is 0 Å². The van der Waals surface area contributed by atoms with Crippen LogP contribution in [0.25, 0.3) is 76.8 Å². The molecule has 1 aliphatic carbocycles. The van der Waals surface area contributed by atoms with E-state index in [4.69, 9.17) is 0 Å². The van der Waals surface area contributed by atoms with Gasteiger partial charge in [-0.15, -0.1) is 0 Å². The van der Waals surface area contributed by atoms with Crippen LogP contribution in [0.4, 0.5) is 34.1 Å². The van der Waals surface area contributed by atoms with Gasteiger partial charge >= 0.3 is 0 Å². The second-order valence-corrected chi connectivity index (χ2v) is 22.2. The van der Waals surface area contributed by atoms with Gasteiger partial charge in [0.05, 0.1) is 22.7 Å². The highest BCUT2D eigenvalue weighted by molar-refractivity contribution is 8.00. The van der Waals surface area contributed by atoms with Gasteiger partial charge in [0.25, 0.3) is 0 Å². The Morgan fingerprint density at radius 3 is 1.36 bits per heavy atom. The molecule has 0 unspecified atom stereocenters. The molecule has 12 aromatic rings. The van der Waals surface area contributed by atoms with E-state index >= 15 is 0 Å². The van der Waals surface area contributed by atoms with Crippen LogP contribution in [0.1, 0.15) is 25.0 Å². The molecule has 2 aliphatic heterocycles. The molecule has 0 fully saturated rings. The number of nitrogens with zero attached hydrogens (tertiary/aromatic N) is 2. The van der Waals surface area contributed by atoms with Gasteiger partial charge in [-0.05, 0) is 173 Å². The molecule has 0 saturated carbocycles. The van der Waals surface area contributed by atoms with Crippen molar-refractivity contribution in [3.8, 4) is 44.5 Å². The van der Waals surface area contributed by atoms with Crippen molar-refractivity contribution in [3.05, 3.63) is 254 Å². The van der Waals surface area contributed by atoms with Crippen LogP contribution < -0.4 is 9.80 Å². The average Bonchev–Trinajstić information content (AvgIpc) is 3.67. The highest BCUT2D eigenvalue weighted by Crippen LogP contribution is 2.57. The molecule has 0 N–H and O–H groups in total. The lowest BCUT2D eigenvalue weighted by atomic mass is 9.80. The Morgan fingerprint density at radius 1 is 0.301 bits per heavy atom. The van der Waals surface area contributed by atoms with E-state index in [9.17, 15) is 0 Å². The predicted molar refractivity (Wildman–Crippen MR) is 310 cm³/mol. The van der Waals surface area contributed by atoms with E-state index in [0.29, 0.717) is 0 Å². The molecule has 0 amide bonds. The average molecular weight is 967 g/mol. The quantitative estimate of drug-likeness (QED) is 0.159. The molecule has 0 atom stereocenters. The van der Waals surface area contributed by atoms with Crippen molar-refractivity contribution in [2.75, 3.05) is 9.80 Å². The van der Waals surface area contributed by atoms with Crippen molar-refractivity contribution in [2.45, 2.75) is 38.8 Å². The van der Waals surface area contributed by atoms with E-state index in [1.54, 1.807) is 0 Å². The maximum atomic E-state index is 2.52. The smallest absolute Gasteiger partial charge is 0.0601 e. The fourth-order valence-electron chi connectivity index (χ4n) is 12.2. The summed E-state index contributed by atoms with van der Waals surface area (Å²) >= 11 is 3.70. The first-order chi connectivity index (χ1) is 36.0. The topological polar surface area (TPSA) is 6.48 Å². The Balaban J connectivity index is 1.06. The van der Waals surface area contributed by atoms with E-state index in [1.807, 2.05) is 23.5 Å². The van der Waals surface area contributed by atoms with Crippen LogP contribution in [0, 0.1) is 0 Å². The van der Waals surface area contributed by atoms with Gasteiger partial charge in [-0.2, -0.15) is 0 Å². The summed E-state index contributed by atoms with van der Waals surface area (Å²) in [6, 6.07) is 90.9. The number of para-hydroxylation sites is 4. The second kappa shape index (κ2) is 16.4. The van der Waals surface area contributed by atoms with Gasteiger partial charge in [0.15, 0.2) is 0 Å². The monoisotopic (exact) mass is 966 g/mol. The Morgan fingerprint density at radius 2 is 0.753 bits per heavy atom. The highest BCUT2D eigenvalue weighted by atomic mass is 32.2. The van der Waals surface area contributed by atoms with Crippen LogP contribution in [0.3, 0.4) is 0 Å². The predicted octanol–water partition coefficient (Wildman–Crippen LogP) is 20.3. The number of hydrogen-bond acceptors (Lipinski definition) is 4. The molecule has 12 aromatic carbocycles. The van der Waals surface area contributed by atoms with Gasteiger partial charge in [-0.25, -0.2) is 0 Å². The Labute approximate surface area is 434 Å². The third-order valence-corrected chi connectivity index (χ3v) is 17.8. The fraction of sp³-hybridized carbons (Fsp3) is 0.0435. The SMILES string of the molecule is CC1(C)c2ccccc2-c2ccc(-c3c4ccc(N5c6ccccc6Sc6ccccc65)cc4c(-c4cccc(-c5cccc6ccccc56)c4)c4ccc(N5c6ccccc6Sc6ccccc65)cc34)cc21. The lowest BCUT2D eigenvalue weighted by Crippen LogP contribution is -2.15. The van der Waals surface area contributed by atoms with Gasteiger partial charge in [0.1, 0.15) is 0 Å². The minimum absolute atomic E-state index is 0.167. The van der Waals surface area contributed by atoms with Crippen LogP contribution in [0.15, 0.2) is 262 Å². The lowest BCUT2D eigenvalue weighted by molar-refractivity contribution is 0.660. The molecule has 0 radical (unpaired) electrons. The summed E-state index contributed by atoms with van der Waals surface area (Å²) < 4.78 is 0. The van der Waals surface area contributed by atoms with Gasteiger partial charge < -0.3 is 9.80 Å². The molecule has 15 rings (SSSR count). The van der Waals surface area contributed by atoms with Gasteiger partial charge in [0, 0.05) is 36.4 Å². The van der Waals surface area contributed by atoms with Crippen molar-refractivity contribution in [3.63, 3.8) is 0 Å². The summed E-state index contributed by atoms with van der Waals surface area (Å²) in [6.07, 6.45) is 0. The molecule has 0 saturated heterocycles. The van der Waals surface area contributed by atoms with Crippen molar-refractivity contribution in [2.24, 2.45) is 0 Å². The molecule has 73 heavy (non-hydrogen) atoms. The molecule has 2 heterocycles. The molecule has 3 aliphatic rings. The summed E-state index contributed by atoms with van der Waals surface area (Å²) in [5.41, 5.74) is 19.6. The van der Waals surface area contributed by atoms with Crippen LogP contribution >= 0.6 is 23.5 Å². The van der Waals surface area contributed by atoms with Crippen molar-refractivity contribution < 1.29 is 0 Å². The zero-order chi connectivity index (χ0) is 48.4. The molecular formula is C69H46N2S2. The minimum Gasteiger partial charge on any atom is -0.308 e. The zero-order valence-corrected chi connectivity index (χ0v) is 41.9. The highest BCUT2D eigenvalue weighted by Gasteiger charge is 2.36. The van der Waals surface area contributed by atoms with E-state index in [2.05, 4.69) is 266 Å². The lowest BCUT2D eigenvalue weighted by Gasteiger charge is -2.34. The normalized spacial score (nSPS) is 13.8. The first kappa shape index (κ1) is 42.4. The van der Waals surface area contributed by atoms with Crippen LogP contribution in [0.5, 0.6) is 0 Å². The summed E-state index contributed by atoms with van der Waals surface area (Å²) in [5, 5.41) is 7.35. The summed E-state index contributed by atoms with van der Waals surface area (Å²) in [4.78, 5) is 9.94. The molecule has 2 nitrogen and oxygen atoms in total. The first-order valence-corrected chi connectivity index (χ1v) is 26.8. The maximum absolute atomic E-state index is 2.52. The third kappa shape index (κ3) is 6.54. The third-order valence-electron chi connectivity index (χ3n) is 15.6. The van der Waals surface area contributed by atoms with Crippen LogP contribution in [0.2, 0.25) is 0 Å². The van der Waals surface area contributed by atoms with E-state index in [-0.39, 0.29) is 5.41 Å². The maximum Gasteiger partial charge on any atom is 0.0601 e. The summed E-state index contributed by atoms with van der Waals surface area (Å²) in [6.45, 7) is 4.79. The number of hydrogen-bond donors (Lipinski definition) is 0. The molecule has 4 heteroatoms. The Bertz CT molecular complexity index is 4190. The number of rotatable bonds is 5. The van der Waals surface area contributed by atoms with Crippen LogP contribution in [-0.4, -0.2) is 0 Å². The van der Waals surface area contributed by atoms with Crippen LogP contribution in [-0.2, 0) is 5.41 Å². The minimum atomic E-state index is -0.167. The zero-order valence-electron chi connectivity index (χ0n) is 40.3. The van der Waals surface area contributed by atoms with E-state index in [1.165, 1.54) is 130 Å². The molecular weight excluding hydrogens is 921 g/mol. The van der Waals surface area contributed by atoms with Gasteiger partial charge in [-0.1, -0.05) is 195 Å². The number of fused-ring (bicyclic) bond motifs is 10. The van der Waals surface area contributed by atoms with E-state index < -0.39 is 0 Å². The molecule has 0 spiro atoms. The standard InChI is InChI=1S/C69H46N2S2/c1-69(2)57-24-6-5-22-51(57)52-36-33-46(40-58(52)69)68-54-38-35-47(70-59-25-7-11-29-63(59)72-64-30-12-8-26-60(64)70)41-55(54)67(45-20-15-19-44(39-45)50-23-16-18-43-17-3-4-21-49(43)50)53-37-34-48(42-56(53)68)71-61-27-9-13-31-65(61)73-66-32-14-10-28-62(66)71/h3-42H,1-2H3. The first-order valence-electron chi connectivity index (χ1n) is 25.2. The number of benzene rings is 12. The Kier molecular flexibility index (Phi) is 9.51. The fourth-order valence-corrected chi connectivity index (χ4v) is 14.4. The number of anilines is 6. The van der Waals surface area contributed by atoms with Gasteiger partial charge in [0.2, 0.25) is 0 Å². The molecule has 0 aromatic heterocycles. The van der Waals surface area contributed by atoms with Crippen molar-refractivity contribution in [1.82, 2.24) is 0 Å². The largest absolute Gasteiger partial charge is 0.308 e. The Hall–Kier alpha value is -8.28. The summed E-state index contributed by atoms with van der Waals surface area (Å²) in [7, 11) is 0. The summed E-state index contributed by atoms with van der Waals surface area (Å²) in [5.74, 6) is 0. The molecule has 0 bridgehead atoms. The van der Waals surface area contributed by atoms with Gasteiger partial charge in [-0.3, -0.25) is 0 Å². The van der Waals surface area contributed by atoms with Crippen molar-refractivity contribution >= 4 is 90.0 Å². The van der Waals surface area contributed by atoms with E-state index in [0.717, 1.165) is 11.4 Å².